The van der Waals surface area contributed by atoms with Crippen LogP contribution in [0.5, 0.6) is 17.2 Å². The monoisotopic (exact) mass is 391 g/mol. The Bertz CT molecular complexity index is 886. The van der Waals surface area contributed by atoms with E-state index in [1.807, 2.05) is 42.5 Å². The van der Waals surface area contributed by atoms with Gasteiger partial charge in [0, 0.05) is 12.2 Å². The molecule has 0 radical (unpaired) electrons. The van der Waals surface area contributed by atoms with E-state index in [-0.39, 0.29) is 5.75 Å². The highest BCUT2D eigenvalue weighted by Crippen LogP contribution is 2.28. The number of benzene rings is 3. The summed E-state index contributed by atoms with van der Waals surface area (Å²) >= 11 is 0. The van der Waals surface area contributed by atoms with Gasteiger partial charge in [-0.1, -0.05) is 30.3 Å². The first-order valence-electron chi connectivity index (χ1n) is 8.43. The normalized spacial score (nSPS) is 11.3. The van der Waals surface area contributed by atoms with Gasteiger partial charge in [-0.25, -0.2) is 0 Å². The predicted octanol–water partition coefficient (Wildman–Crippen LogP) is 6.33. The highest BCUT2D eigenvalue weighted by atomic mass is 19.3. The highest BCUT2D eigenvalue weighted by molar-refractivity contribution is 5.48. The van der Waals surface area contributed by atoms with Crippen molar-refractivity contribution in [3.05, 3.63) is 84.4 Å². The topological polar surface area (TPSA) is 30.5 Å². The molecular formula is C21H17F4NO2. The molecule has 3 nitrogen and oxygen atoms in total. The molecule has 0 bridgehead atoms. The minimum Gasteiger partial charge on any atom is -0.457 e. The van der Waals surface area contributed by atoms with E-state index < -0.39 is 12.5 Å². The SMILES string of the molecule is FC(F)C(F)(F)Oc1cccc(CNc2ccc(Oc3ccccc3)cc2)c1. The summed E-state index contributed by atoms with van der Waals surface area (Å²) in [5, 5.41) is 3.12. The average Bonchev–Trinajstić information content (AvgIpc) is 2.68. The van der Waals surface area contributed by atoms with Crippen LogP contribution in [0.4, 0.5) is 23.2 Å². The Morgan fingerprint density at radius 1 is 0.786 bits per heavy atom. The molecule has 3 aromatic carbocycles. The fraction of sp³-hybridized carbons (Fsp3) is 0.143. The molecule has 0 amide bonds. The van der Waals surface area contributed by atoms with Gasteiger partial charge >= 0.3 is 12.5 Å². The Kier molecular flexibility index (Phi) is 6.03. The molecule has 0 aromatic heterocycles. The second kappa shape index (κ2) is 8.65. The van der Waals surface area contributed by atoms with Crippen molar-refractivity contribution < 1.29 is 27.0 Å². The second-order valence-corrected chi connectivity index (χ2v) is 5.91. The molecule has 0 aliphatic heterocycles. The fourth-order valence-corrected chi connectivity index (χ4v) is 2.39. The number of halogens is 4. The Labute approximate surface area is 159 Å². The first-order valence-corrected chi connectivity index (χ1v) is 8.43. The second-order valence-electron chi connectivity index (χ2n) is 5.91. The summed E-state index contributed by atoms with van der Waals surface area (Å²) < 4.78 is 60.3. The van der Waals surface area contributed by atoms with Crippen LogP contribution in [0.2, 0.25) is 0 Å². The van der Waals surface area contributed by atoms with Gasteiger partial charge in [-0.2, -0.15) is 17.6 Å². The van der Waals surface area contributed by atoms with Crippen molar-refractivity contribution in [2.24, 2.45) is 0 Å². The first kappa shape index (κ1) is 19.5. The van der Waals surface area contributed by atoms with Crippen molar-refractivity contribution in [3.8, 4) is 17.2 Å². The van der Waals surface area contributed by atoms with E-state index in [0.717, 1.165) is 11.4 Å². The third-order valence-electron chi connectivity index (χ3n) is 3.74. The number of hydrogen-bond acceptors (Lipinski definition) is 3. The molecule has 0 spiro atoms. The molecule has 146 valence electrons. The van der Waals surface area contributed by atoms with E-state index in [2.05, 4.69) is 10.1 Å². The van der Waals surface area contributed by atoms with Crippen molar-refractivity contribution >= 4 is 5.69 Å². The minimum atomic E-state index is -4.53. The van der Waals surface area contributed by atoms with Crippen LogP contribution in [-0.2, 0) is 6.54 Å². The summed E-state index contributed by atoms with van der Waals surface area (Å²) in [4.78, 5) is 0. The molecule has 0 unspecified atom stereocenters. The third-order valence-corrected chi connectivity index (χ3v) is 3.74. The average molecular weight is 391 g/mol. The molecule has 7 heteroatoms. The lowest BCUT2D eigenvalue weighted by Crippen LogP contribution is -2.33. The lowest BCUT2D eigenvalue weighted by molar-refractivity contribution is -0.253. The Balaban J connectivity index is 1.57. The summed E-state index contributed by atoms with van der Waals surface area (Å²) in [6.45, 7) is 0.302. The maximum atomic E-state index is 13.0. The van der Waals surface area contributed by atoms with Gasteiger partial charge in [0.25, 0.3) is 0 Å². The lowest BCUT2D eigenvalue weighted by Gasteiger charge is -2.17. The highest BCUT2D eigenvalue weighted by Gasteiger charge is 2.43. The van der Waals surface area contributed by atoms with Crippen molar-refractivity contribution in [2.45, 2.75) is 19.1 Å². The van der Waals surface area contributed by atoms with Crippen LogP contribution in [0.3, 0.4) is 0 Å². The molecule has 0 aliphatic rings. The van der Waals surface area contributed by atoms with Gasteiger partial charge < -0.3 is 14.8 Å². The van der Waals surface area contributed by atoms with E-state index >= 15 is 0 Å². The lowest BCUT2D eigenvalue weighted by atomic mass is 10.2. The van der Waals surface area contributed by atoms with Crippen molar-refractivity contribution in [1.82, 2.24) is 0 Å². The molecule has 0 aliphatic carbocycles. The molecular weight excluding hydrogens is 374 g/mol. The van der Waals surface area contributed by atoms with Gasteiger partial charge in [-0.3, -0.25) is 0 Å². The maximum Gasteiger partial charge on any atom is 0.461 e. The van der Waals surface area contributed by atoms with Crippen LogP contribution in [-0.4, -0.2) is 12.5 Å². The van der Waals surface area contributed by atoms with Crippen LogP contribution in [0.1, 0.15) is 5.56 Å². The molecule has 28 heavy (non-hydrogen) atoms. The smallest absolute Gasteiger partial charge is 0.457 e. The molecule has 0 fully saturated rings. The fourth-order valence-electron chi connectivity index (χ4n) is 2.39. The zero-order valence-corrected chi connectivity index (χ0v) is 14.6. The number of anilines is 1. The van der Waals surface area contributed by atoms with Gasteiger partial charge in [0.1, 0.15) is 17.2 Å². The molecule has 0 heterocycles. The largest absolute Gasteiger partial charge is 0.461 e. The van der Waals surface area contributed by atoms with Crippen LogP contribution in [0.25, 0.3) is 0 Å². The summed E-state index contributed by atoms with van der Waals surface area (Å²) in [5.41, 5.74) is 1.39. The van der Waals surface area contributed by atoms with E-state index in [9.17, 15) is 17.6 Å². The third kappa shape index (κ3) is 5.39. The van der Waals surface area contributed by atoms with E-state index in [1.54, 1.807) is 18.2 Å². The Morgan fingerprint density at radius 3 is 2.11 bits per heavy atom. The standard InChI is InChI=1S/C21H17F4NO2/c22-20(23)21(24,25)28-19-8-4-5-15(13-19)14-26-16-9-11-18(12-10-16)27-17-6-2-1-3-7-17/h1-13,20,26H,14H2. The Morgan fingerprint density at radius 2 is 1.43 bits per heavy atom. The van der Waals surface area contributed by atoms with Gasteiger partial charge in [0.05, 0.1) is 0 Å². The molecule has 3 rings (SSSR count). The maximum absolute atomic E-state index is 13.0. The van der Waals surface area contributed by atoms with Gasteiger partial charge in [-0.15, -0.1) is 0 Å². The number of hydrogen-bond donors (Lipinski definition) is 1. The number of para-hydroxylation sites is 1. The Hall–Kier alpha value is -3.22. The van der Waals surface area contributed by atoms with Crippen LogP contribution >= 0.6 is 0 Å². The summed E-state index contributed by atoms with van der Waals surface area (Å²) in [5.74, 6) is 1.07. The van der Waals surface area contributed by atoms with Crippen LogP contribution in [0.15, 0.2) is 78.9 Å². The van der Waals surface area contributed by atoms with E-state index in [0.29, 0.717) is 17.9 Å². The number of nitrogens with one attached hydrogen (secondary N) is 1. The van der Waals surface area contributed by atoms with Crippen molar-refractivity contribution in [1.29, 1.82) is 0 Å². The van der Waals surface area contributed by atoms with Crippen LogP contribution in [0, 0.1) is 0 Å². The summed E-state index contributed by atoms with van der Waals surface area (Å²) in [6.07, 6.45) is -8.42. The summed E-state index contributed by atoms with van der Waals surface area (Å²) in [6, 6.07) is 22.2. The van der Waals surface area contributed by atoms with Crippen LogP contribution < -0.4 is 14.8 Å². The van der Waals surface area contributed by atoms with E-state index in [1.165, 1.54) is 18.2 Å². The van der Waals surface area contributed by atoms with E-state index in [4.69, 9.17) is 4.74 Å². The summed E-state index contributed by atoms with van der Waals surface area (Å²) in [7, 11) is 0. The predicted molar refractivity (Wildman–Crippen MR) is 98.3 cm³/mol. The number of alkyl halides is 4. The molecule has 1 N–H and O–H groups in total. The quantitative estimate of drug-likeness (QED) is 0.455. The molecule has 0 saturated carbocycles. The molecule has 3 aromatic rings. The van der Waals surface area contributed by atoms with Gasteiger partial charge in [0.2, 0.25) is 0 Å². The molecule has 0 atom stereocenters. The first-order chi connectivity index (χ1) is 13.4. The zero-order valence-electron chi connectivity index (χ0n) is 14.6. The van der Waals surface area contributed by atoms with Crippen molar-refractivity contribution in [3.63, 3.8) is 0 Å². The zero-order chi connectivity index (χ0) is 20.0. The number of ether oxygens (including phenoxy) is 2. The minimum absolute atomic E-state index is 0.302. The number of rotatable bonds is 8. The van der Waals surface area contributed by atoms with Gasteiger partial charge in [-0.05, 0) is 54.1 Å². The van der Waals surface area contributed by atoms with Crippen molar-refractivity contribution in [2.75, 3.05) is 5.32 Å². The molecule has 0 saturated heterocycles. The van der Waals surface area contributed by atoms with Gasteiger partial charge in [0.15, 0.2) is 0 Å².